The van der Waals surface area contributed by atoms with Crippen LogP contribution in [0.2, 0.25) is 0 Å². The van der Waals surface area contributed by atoms with Gasteiger partial charge in [0.1, 0.15) is 0 Å². The molecule has 4 heteroatoms. The van der Waals surface area contributed by atoms with Crippen LogP contribution in [0.1, 0.15) is 67.8 Å². The highest BCUT2D eigenvalue weighted by atomic mass is 32.1. The molecule has 0 aliphatic heterocycles. The molecule has 21 heavy (non-hydrogen) atoms. The predicted molar refractivity (Wildman–Crippen MR) is 90.6 cm³/mol. The number of carbonyl (C=O) groups is 1. The van der Waals surface area contributed by atoms with Gasteiger partial charge >= 0.3 is 0 Å². The van der Waals surface area contributed by atoms with Gasteiger partial charge < -0.3 is 5.32 Å². The lowest BCUT2D eigenvalue weighted by atomic mass is 9.96. The molecule has 0 saturated heterocycles. The molecule has 0 spiro atoms. The average molecular weight is 304 g/mol. The number of hydrogen-bond acceptors (Lipinski definition) is 2. The number of carbonyl (C=O) groups excluding carboxylic acids is 1. The molecule has 3 nitrogen and oxygen atoms in total. The lowest BCUT2D eigenvalue weighted by Crippen LogP contribution is -2.45. The van der Waals surface area contributed by atoms with E-state index >= 15 is 0 Å². The summed E-state index contributed by atoms with van der Waals surface area (Å²) in [6.45, 7) is 4.27. The summed E-state index contributed by atoms with van der Waals surface area (Å²) in [5.41, 5.74) is 1.88. The number of amides is 1. The smallest absolute Gasteiger partial charge is 0.257 e. The number of hydrogen-bond donors (Lipinski definition) is 2. The fourth-order valence-electron chi connectivity index (χ4n) is 2.66. The monoisotopic (exact) mass is 304 g/mol. The first-order valence-electron chi connectivity index (χ1n) is 7.78. The van der Waals surface area contributed by atoms with E-state index in [1.807, 2.05) is 24.3 Å². The molecular formula is C17H24N2OS. The van der Waals surface area contributed by atoms with Crippen LogP contribution in [0.5, 0.6) is 0 Å². The van der Waals surface area contributed by atoms with Crippen LogP contribution in [0.3, 0.4) is 0 Å². The molecule has 0 unspecified atom stereocenters. The average Bonchev–Trinajstić information content (AvgIpc) is 2.48. The first-order valence-corrected chi connectivity index (χ1v) is 8.19. The van der Waals surface area contributed by atoms with Crippen molar-refractivity contribution in [3.8, 4) is 0 Å². The van der Waals surface area contributed by atoms with E-state index < -0.39 is 0 Å². The van der Waals surface area contributed by atoms with Crippen molar-refractivity contribution in [1.29, 1.82) is 0 Å². The normalized spacial score (nSPS) is 15.8. The summed E-state index contributed by atoms with van der Waals surface area (Å²) >= 11 is 5.24. The van der Waals surface area contributed by atoms with Crippen molar-refractivity contribution < 1.29 is 4.79 Å². The first-order chi connectivity index (χ1) is 10.1. The summed E-state index contributed by atoms with van der Waals surface area (Å²) < 4.78 is 0. The van der Waals surface area contributed by atoms with Crippen LogP contribution in [-0.4, -0.2) is 17.1 Å². The van der Waals surface area contributed by atoms with Crippen LogP contribution in [0.15, 0.2) is 24.3 Å². The number of benzene rings is 1. The minimum Gasteiger partial charge on any atom is -0.360 e. The van der Waals surface area contributed by atoms with E-state index in [-0.39, 0.29) is 5.91 Å². The van der Waals surface area contributed by atoms with E-state index in [1.165, 1.54) is 24.8 Å². The Balaban J connectivity index is 1.86. The Kier molecular flexibility index (Phi) is 5.74. The highest BCUT2D eigenvalue weighted by Crippen LogP contribution is 2.17. The van der Waals surface area contributed by atoms with E-state index in [4.69, 9.17) is 12.2 Å². The highest BCUT2D eigenvalue weighted by Gasteiger charge is 2.15. The van der Waals surface area contributed by atoms with Gasteiger partial charge in [0.2, 0.25) is 0 Å². The zero-order valence-corrected chi connectivity index (χ0v) is 13.6. The second kappa shape index (κ2) is 7.55. The summed E-state index contributed by atoms with van der Waals surface area (Å²) in [4.78, 5) is 12.1. The van der Waals surface area contributed by atoms with E-state index in [1.54, 1.807) is 0 Å². The molecule has 2 rings (SSSR count). The fourth-order valence-corrected chi connectivity index (χ4v) is 2.92. The van der Waals surface area contributed by atoms with Crippen molar-refractivity contribution in [2.75, 3.05) is 0 Å². The van der Waals surface area contributed by atoms with Gasteiger partial charge in [-0.05, 0) is 48.7 Å². The van der Waals surface area contributed by atoms with Crippen molar-refractivity contribution in [3.63, 3.8) is 0 Å². The van der Waals surface area contributed by atoms with Crippen LogP contribution < -0.4 is 10.6 Å². The van der Waals surface area contributed by atoms with Crippen molar-refractivity contribution in [2.24, 2.45) is 0 Å². The topological polar surface area (TPSA) is 41.1 Å². The SMILES string of the molecule is CC(C)c1ccc(C(=O)NC(=S)NC2CCCCC2)cc1. The van der Waals surface area contributed by atoms with Gasteiger partial charge in [-0.15, -0.1) is 0 Å². The highest BCUT2D eigenvalue weighted by molar-refractivity contribution is 7.80. The molecule has 0 heterocycles. The third-order valence-corrected chi connectivity index (χ3v) is 4.23. The molecule has 0 atom stereocenters. The third-order valence-electron chi connectivity index (χ3n) is 4.01. The van der Waals surface area contributed by atoms with Gasteiger partial charge in [0.25, 0.3) is 5.91 Å². The van der Waals surface area contributed by atoms with Gasteiger partial charge in [0, 0.05) is 11.6 Å². The molecule has 1 aliphatic rings. The quantitative estimate of drug-likeness (QED) is 0.836. The summed E-state index contributed by atoms with van der Waals surface area (Å²) in [6.07, 6.45) is 6.06. The molecule has 0 radical (unpaired) electrons. The van der Waals surface area contributed by atoms with Gasteiger partial charge in [-0.1, -0.05) is 45.2 Å². The summed E-state index contributed by atoms with van der Waals surface area (Å²) in [5.74, 6) is 0.328. The minimum atomic E-state index is -0.140. The zero-order valence-electron chi connectivity index (χ0n) is 12.8. The molecular weight excluding hydrogens is 280 g/mol. The second-order valence-corrected chi connectivity index (χ2v) is 6.45. The van der Waals surface area contributed by atoms with Crippen LogP contribution in [-0.2, 0) is 0 Å². The maximum atomic E-state index is 12.1. The number of thiocarbonyl (C=S) groups is 1. The molecule has 2 N–H and O–H groups in total. The van der Waals surface area contributed by atoms with Gasteiger partial charge in [-0.2, -0.15) is 0 Å². The van der Waals surface area contributed by atoms with E-state index in [2.05, 4.69) is 24.5 Å². The largest absolute Gasteiger partial charge is 0.360 e. The summed E-state index contributed by atoms with van der Waals surface area (Å²) in [6, 6.07) is 8.12. The minimum absolute atomic E-state index is 0.140. The van der Waals surface area contributed by atoms with Crippen molar-refractivity contribution in [2.45, 2.75) is 57.9 Å². The van der Waals surface area contributed by atoms with E-state index in [0.29, 0.717) is 22.6 Å². The molecule has 114 valence electrons. The van der Waals surface area contributed by atoms with Gasteiger partial charge in [0.15, 0.2) is 5.11 Å². The first kappa shape index (κ1) is 16.0. The molecule has 1 aromatic rings. The Morgan fingerprint density at radius 3 is 2.33 bits per heavy atom. The lowest BCUT2D eigenvalue weighted by molar-refractivity contribution is 0.0976. The molecule has 1 aromatic carbocycles. The van der Waals surface area contributed by atoms with Crippen molar-refractivity contribution >= 4 is 23.2 Å². The van der Waals surface area contributed by atoms with Crippen LogP contribution in [0.25, 0.3) is 0 Å². The maximum absolute atomic E-state index is 12.1. The lowest BCUT2D eigenvalue weighted by Gasteiger charge is -2.24. The maximum Gasteiger partial charge on any atom is 0.257 e. The number of nitrogens with one attached hydrogen (secondary N) is 2. The van der Waals surface area contributed by atoms with Gasteiger partial charge in [-0.3, -0.25) is 10.1 Å². The Morgan fingerprint density at radius 1 is 1.14 bits per heavy atom. The zero-order chi connectivity index (χ0) is 15.2. The molecule has 1 fully saturated rings. The molecule has 1 saturated carbocycles. The molecule has 1 amide bonds. The van der Waals surface area contributed by atoms with Crippen LogP contribution >= 0.6 is 12.2 Å². The Hall–Kier alpha value is -1.42. The van der Waals surface area contributed by atoms with E-state index in [9.17, 15) is 4.79 Å². The fraction of sp³-hybridized carbons (Fsp3) is 0.529. The van der Waals surface area contributed by atoms with Crippen molar-refractivity contribution in [1.82, 2.24) is 10.6 Å². The molecule has 0 bridgehead atoms. The second-order valence-electron chi connectivity index (χ2n) is 6.04. The standard InChI is InChI=1S/C17H24N2OS/c1-12(2)13-8-10-14(11-9-13)16(20)19-17(21)18-15-6-4-3-5-7-15/h8-12,15H,3-7H2,1-2H3,(H2,18,19,20,21). The molecule has 1 aliphatic carbocycles. The summed E-state index contributed by atoms with van der Waals surface area (Å²) in [5, 5.41) is 6.47. The summed E-state index contributed by atoms with van der Waals surface area (Å²) in [7, 11) is 0. The Labute approximate surface area is 132 Å². The van der Waals surface area contributed by atoms with Crippen molar-refractivity contribution in [3.05, 3.63) is 35.4 Å². The van der Waals surface area contributed by atoms with Gasteiger partial charge in [-0.25, -0.2) is 0 Å². The molecule has 0 aromatic heterocycles. The Bertz CT molecular complexity index is 490. The van der Waals surface area contributed by atoms with Crippen LogP contribution in [0.4, 0.5) is 0 Å². The third kappa shape index (κ3) is 4.81. The van der Waals surface area contributed by atoms with Gasteiger partial charge in [0.05, 0.1) is 0 Å². The van der Waals surface area contributed by atoms with Crippen LogP contribution in [0, 0.1) is 0 Å². The Morgan fingerprint density at radius 2 is 1.76 bits per heavy atom. The van der Waals surface area contributed by atoms with E-state index in [0.717, 1.165) is 12.8 Å². The predicted octanol–water partition coefficient (Wildman–Crippen LogP) is 3.75. The number of rotatable bonds is 3.